The van der Waals surface area contributed by atoms with Crippen LogP contribution in [0.15, 0.2) is 57.9 Å². The van der Waals surface area contributed by atoms with Crippen LogP contribution in [0.3, 0.4) is 0 Å². The topological polar surface area (TPSA) is 69.7 Å². The number of halogens is 1. The molecule has 0 atom stereocenters. The second kappa shape index (κ2) is 8.52. The van der Waals surface area contributed by atoms with E-state index < -0.39 is 10.0 Å². The molecule has 1 saturated heterocycles. The lowest BCUT2D eigenvalue weighted by molar-refractivity contribution is -0.114. The Hall–Kier alpha value is -1.74. The van der Waals surface area contributed by atoms with E-state index in [2.05, 4.69) is 32.2 Å². The second-order valence-corrected chi connectivity index (χ2v) is 9.27. The van der Waals surface area contributed by atoms with Gasteiger partial charge < -0.3 is 5.32 Å². The van der Waals surface area contributed by atoms with Crippen molar-refractivity contribution in [2.24, 2.45) is 0 Å². The lowest BCUT2D eigenvalue weighted by atomic mass is 10.2. The number of piperazine rings is 1. The van der Waals surface area contributed by atoms with Gasteiger partial charge in [-0.05, 0) is 35.9 Å². The van der Waals surface area contributed by atoms with E-state index in [1.54, 1.807) is 12.1 Å². The van der Waals surface area contributed by atoms with E-state index in [-0.39, 0.29) is 10.8 Å². The minimum atomic E-state index is -3.53. The molecule has 27 heavy (non-hydrogen) atoms. The molecule has 0 bridgehead atoms. The summed E-state index contributed by atoms with van der Waals surface area (Å²) in [5.41, 5.74) is 1.78. The van der Waals surface area contributed by atoms with Crippen LogP contribution in [-0.4, -0.2) is 49.7 Å². The second-order valence-electron chi connectivity index (χ2n) is 6.48. The molecule has 6 nitrogen and oxygen atoms in total. The molecule has 2 aromatic rings. The van der Waals surface area contributed by atoms with Crippen molar-refractivity contribution in [2.45, 2.75) is 18.4 Å². The molecular formula is C19H22BrN3O3S. The van der Waals surface area contributed by atoms with Gasteiger partial charge in [-0.25, -0.2) is 8.42 Å². The lowest BCUT2D eigenvalue weighted by Crippen LogP contribution is -2.48. The number of hydrogen-bond acceptors (Lipinski definition) is 4. The zero-order valence-electron chi connectivity index (χ0n) is 15.1. The summed E-state index contributed by atoms with van der Waals surface area (Å²) in [7, 11) is -3.53. The Kier molecular flexibility index (Phi) is 6.31. The van der Waals surface area contributed by atoms with Gasteiger partial charge >= 0.3 is 0 Å². The van der Waals surface area contributed by atoms with Gasteiger partial charge in [0, 0.05) is 49.8 Å². The number of rotatable bonds is 5. The molecule has 2 aromatic carbocycles. The quantitative estimate of drug-likeness (QED) is 0.758. The average Bonchev–Trinajstić information content (AvgIpc) is 2.64. The molecule has 144 valence electrons. The number of nitrogens with zero attached hydrogens (tertiary/aromatic N) is 2. The molecule has 0 unspecified atom stereocenters. The Morgan fingerprint density at radius 1 is 1.04 bits per heavy atom. The third-order valence-corrected chi connectivity index (χ3v) is 7.18. The first kappa shape index (κ1) is 20.0. The van der Waals surface area contributed by atoms with Crippen LogP contribution in [0.5, 0.6) is 0 Å². The number of hydrogen-bond donors (Lipinski definition) is 1. The van der Waals surface area contributed by atoms with E-state index >= 15 is 0 Å². The fourth-order valence-electron chi connectivity index (χ4n) is 3.06. The summed E-state index contributed by atoms with van der Waals surface area (Å²) in [5.74, 6) is -0.188. The minimum Gasteiger partial charge on any atom is -0.326 e. The van der Waals surface area contributed by atoms with Gasteiger partial charge in [0.1, 0.15) is 0 Å². The molecule has 3 rings (SSSR count). The fraction of sp³-hybridized carbons (Fsp3) is 0.316. The van der Waals surface area contributed by atoms with Crippen molar-refractivity contribution in [1.82, 2.24) is 9.21 Å². The van der Waals surface area contributed by atoms with Crippen LogP contribution in [0.1, 0.15) is 12.5 Å². The predicted molar refractivity (Wildman–Crippen MR) is 109 cm³/mol. The first-order chi connectivity index (χ1) is 12.9. The summed E-state index contributed by atoms with van der Waals surface area (Å²) in [6, 6.07) is 14.4. The molecule has 8 heteroatoms. The lowest BCUT2D eigenvalue weighted by Gasteiger charge is -2.34. The molecule has 1 amide bonds. The van der Waals surface area contributed by atoms with Crippen molar-refractivity contribution in [3.63, 3.8) is 0 Å². The highest BCUT2D eigenvalue weighted by Gasteiger charge is 2.28. The molecule has 1 aliphatic rings. The van der Waals surface area contributed by atoms with Gasteiger partial charge in [0.25, 0.3) is 0 Å². The van der Waals surface area contributed by atoms with E-state index in [0.29, 0.717) is 31.9 Å². The Bertz CT molecular complexity index is 908. The molecule has 1 N–H and O–H groups in total. The summed E-state index contributed by atoms with van der Waals surface area (Å²) < 4.78 is 28.3. The number of nitrogens with one attached hydrogen (secondary N) is 1. The Morgan fingerprint density at radius 2 is 1.67 bits per heavy atom. The maximum atomic E-state index is 12.9. The van der Waals surface area contributed by atoms with Crippen LogP contribution in [0.25, 0.3) is 0 Å². The van der Waals surface area contributed by atoms with E-state index in [0.717, 1.165) is 11.0 Å². The normalized spacial score (nSPS) is 16.2. The maximum absolute atomic E-state index is 12.9. The van der Waals surface area contributed by atoms with Crippen molar-refractivity contribution in [1.29, 1.82) is 0 Å². The van der Waals surface area contributed by atoms with Crippen molar-refractivity contribution in [2.75, 3.05) is 31.5 Å². The van der Waals surface area contributed by atoms with Crippen LogP contribution < -0.4 is 5.32 Å². The van der Waals surface area contributed by atoms with Gasteiger partial charge in [-0.15, -0.1) is 0 Å². The van der Waals surface area contributed by atoms with Gasteiger partial charge in [-0.3, -0.25) is 9.69 Å². The number of carbonyl (C=O) groups excluding carboxylic acids is 1. The predicted octanol–water partition coefficient (Wildman–Crippen LogP) is 2.91. The smallest absolute Gasteiger partial charge is 0.243 e. The molecular weight excluding hydrogens is 430 g/mol. The highest BCUT2D eigenvalue weighted by molar-refractivity contribution is 9.10. The molecule has 0 spiro atoms. The summed E-state index contributed by atoms with van der Waals surface area (Å²) in [6.45, 7) is 4.49. The van der Waals surface area contributed by atoms with Crippen molar-refractivity contribution >= 4 is 37.5 Å². The Morgan fingerprint density at radius 3 is 2.26 bits per heavy atom. The highest BCUT2D eigenvalue weighted by Crippen LogP contribution is 2.22. The van der Waals surface area contributed by atoms with E-state index in [1.807, 2.05) is 18.2 Å². The van der Waals surface area contributed by atoms with Gasteiger partial charge in [0.05, 0.1) is 4.90 Å². The van der Waals surface area contributed by atoms with E-state index in [4.69, 9.17) is 0 Å². The van der Waals surface area contributed by atoms with Gasteiger partial charge in [0.15, 0.2) is 0 Å². The van der Waals surface area contributed by atoms with Crippen molar-refractivity contribution in [3.05, 3.63) is 58.6 Å². The van der Waals surface area contributed by atoms with Gasteiger partial charge in [0.2, 0.25) is 15.9 Å². The van der Waals surface area contributed by atoms with Crippen LogP contribution >= 0.6 is 15.9 Å². The van der Waals surface area contributed by atoms with Gasteiger partial charge in [-0.2, -0.15) is 4.31 Å². The highest BCUT2D eigenvalue weighted by atomic mass is 79.9. The first-order valence-electron chi connectivity index (χ1n) is 8.70. The number of carbonyl (C=O) groups is 1. The standard InChI is InChI=1S/C19H22BrN3O3S/c1-15(24)21-17-6-8-18(9-7-17)27(25,26)23-12-10-22(11-13-23)14-16-4-2-3-5-19(16)20/h2-9H,10-14H2,1H3,(H,21,24). The van der Waals surface area contributed by atoms with Crippen LogP contribution in [0, 0.1) is 0 Å². The monoisotopic (exact) mass is 451 g/mol. The van der Waals surface area contributed by atoms with Crippen molar-refractivity contribution < 1.29 is 13.2 Å². The maximum Gasteiger partial charge on any atom is 0.243 e. The largest absolute Gasteiger partial charge is 0.326 e. The molecule has 0 radical (unpaired) electrons. The van der Waals surface area contributed by atoms with Crippen molar-refractivity contribution in [3.8, 4) is 0 Å². The molecule has 0 aromatic heterocycles. The summed E-state index contributed by atoms with van der Waals surface area (Å²) in [5, 5.41) is 2.64. The average molecular weight is 452 g/mol. The van der Waals surface area contributed by atoms with Gasteiger partial charge in [-0.1, -0.05) is 34.1 Å². The van der Waals surface area contributed by atoms with E-state index in [9.17, 15) is 13.2 Å². The Labute approximate surface area is 168 Å². The number of amides is 1. The van der Waals surface area contributed by atoms with E-state index in [1.165, 1.54) is 28.9 Å². The summed E-state index contributed by atoms with van der Waals surface area (Å²) in [6.07, 6.45) is 0. The number of sulfonamides is 1. The fourth-order valence-corrected chi connectivity index (χ4v) is 4.89. The molecule has 1 aliphatic heterocycles. The van der Waals surface area contributed by atoms with Crippen LogP contribution in [0.2, 0.25) is 0 Å². The van der Waals surface area contributed by atoms with Crippen LogP contribution in [-0.2, 0) is 21.4 Å². The van der Waals surface area contributed by atoms with Crippen LogP contribution in [0.4, 0.5) is 5.69 Å². The summed E-state index contributed by atoms with van der Waals surface area (Å²) >= 11 is 3.56. The summed E-state index contributed by atoms with van der Waals surface area (Å²) in [4.78, 5) is 13.6. The zero-order valence-corrected chi connectivity index (χ0v) is 17.5. The molecule has 0 saturated carbocycles. The first-order valence-corrected chi connectivity index (χ1v) is 10.9. The zero-order chi connectivity index (χ0) is 19.4. The SMILES string of the molecule is CC(=O)Nc1ccc(S(=O)(=O)N2CCN(Cc3ccccc3Br)CC2)cc1. The minimum absolute atomic E-state index is 0.188. The Balaban J connectivity index is 1.62. The third-order valence-electron chi connectivity index (χ3n) is 4.50. The molecule has 1 fully saturated rings. The third kappa shape index (κ3) is 4.95. The molecule has 1 heterocycles. The number of anilines is 1. The molecule has 0 aliphatic carbocycles. The number of benzene rings is 2.